The van der Waals surface area contributed by atoms with Gasteiger partial charge in [0.25, 0.3) is 0 Å². The number of hydrogen-bond donors (Lipinski definition) is 2. The molecule has 0 aromatic rings. The van der Waals surface area contributed by atoms with Gasteiger partial charge in [-0.1, -0.05) is 13.8 Å². The summed E-state index contributed by atoms with van der Waals surface area (Å²) in [4.78, 5) is 2.28. The van der Waals surface area contributed by atoms with Gasteiger partial charge in [-0.3, -0.25) is 0 Å². The van der Waals surface area contributed by atoms with Crippen LogP contribution < -0.4 is 5.32 Å². The van der Waals surface area contributed by atoms with Gasteiger partial charge in [-0.2, -0.15) is 0 Å². The van der Waals surface area contributed by atoms with Crippen molar-refractivity contribution in [2.75, 3.05) is 32.7 Å². The summed E-state index contributed by atoms with van der Waals surface area (Å²) in [5, 5.41) is 13.5. The van der Waals surface area contributed by atoms with Crippen LogP contribution in [0.1, 0.15) is 26.7 Å². The molecular weight excluding hydrogens is 235 g/mol. The number of aliphatic hydroxyl groups is 1. The van der Waals surface area contributed by atoms with Crippen LogP contribution in [0.3, 0.4) is 0 Å². The highest BCUT2D eigenvalue weighted by molar-refractivity contribution is 5.85. The fourth-order valence-electron chi connectivity index (χ4n) is 1.95. The number of piperidine rings is 1. The molecule has 0 bridgehead atoms. The second kappa shape index (κ2) is 8.59. The first-order chi connectivity index (χ1) is 6.20. The molecule has 5 heteroatoms. The third kappa shape index (κ3) is 5.93. The predicted molar refractivity (Wildman–Crippen MR) is 69.3 cm³/mol. The first kappa shape index (κ1) is 17.8. The Morgan fingerprint density at radius 1 is 1.27 bits per heavy atom. The van der Waals surface area contributed by atoms with Crippen molar-refractivity contribution in [3.05, 3.63) is 0 Å². The van der Waals surface area contributed by atoms with Crippen LogP contribution in [-0.4, -0.2) is 48.3 Å². The Morgan fingerprint density at radius 2 is 1.87 bits per heavy atom. The van der Waals surface area contributed by atoms with E-state index in [1.54, 1.807) is 0 Å². The highest BCUT2D eigenvalue weighted by atomic mass is 35.5. The maximum atomic E-state index is 10.2. The van der Waals surface area contributed by atoms with Crippen molar-refractivity contribution in [3.63, 3.8) is 0 Å². The molecule has 94 valence electrons. The van der Waals surface area contributed by atoms with E-state index in [9.17, 15) is 5.11 Å². The van der Waals surface area contributed by atoms with Crippen molar-refractivity contribution in [2.45, 2.75) is 32.3 Å². The summed E-state index contributed by atoms with van der Waals surface area (Å²) in [5.41, 5.74) is -0.482. The van der Waals surface area contributed by atoms with Crippen LogP contribution in [0.2, 0.25) is 0 Å². The van der Waals surface area contributed by atoms with Crippen molar-refractivity contribution in [3.8, 4) is 0 Å². The monoisotopic (exact) mass is 258 g/mol. The molecule has 1 aliphatic heterocycles. The van der Waals surface area contributed by atoms with Gasteiger partial charge in [-0.15, -0.1) is 24.8 Å². The number of nitrogens with one attached hydrogen (secondary N) is 1. The molecule has 0 saturated carbocycles. The topological polar surface area (TPSA) is 35.5 Å². The molecule has 0 spiro atoms. The smallest absolute Gasteiger partial charge is 0.0898 e. The summed E-state index contributed by atoms with van der Waals surface area (Å²) in [7, 11) is 0. The van der Waals surface area contributed by atoms with E-state index in [-0.39, 0.29) is 24.8 Å². The van der Waals surface area contributed by atoms with Crippen LogP contribution in [0, 0.1) is 0 Å². The van der Waals surface area contributed by atoms with Gasteiger partial charge in [0.2, 0.25) is 0 Å². The standard InChI is InChI=1S/C10H22N2O.2ClH/c1-3-12(4-2)9-10(13)6-5-7-11-8-10;;/h11,13H,3-9H2,1-2H3;2*1H. The molecule has 1 fully saturated rings. The van der Waals surface area contributed by atoms with Crippen LogP contribution in [0.4, 0.5) is 0 Å². The minimum atomic E-state index is -0.482. The van der Waals surface area contributed by atoms with E-state index >= 15 is 0 Å². The molecule has 3 nitrogen and oxygen atoms in total. The number of rotatable bonds is 4. The highest BCUT2D eigenvalue weighted by Gasteiger charge is 2.30. The Morgan fingerprint density at radius 3 is 2.27 bits per heavy atom. The van der Waals surface area contributed by atoms with Gasteiger partial charge in [0, 0.05) is 13.1 Å². The summed E-state index contributed by atoms with van der Waals surface area (Å²) in [6.45, 7) is 8.96. The highest BCUT2D eigenvalue weighted by Crippen LogP contribution is 2.17. The van der Waals surface area contributed by atoms with Gasteiger partial charge in [-0.25, -0.2) is 0 Å². The Kier molecular flexibility index (Phi) is 10.2. The van der Waals surface area contributed by atoms with Crippen LogP contribution in [-0.2, 0) is 0 Å². The molecule has 1 heterocycles. The summed E-state index contributed by atoms with van der Waals surface area (Å²) < 4.78 is 0. The van der Waals surface area contributed by atoms with Crippen LogP contribution in [0.25, 0.3) is 0 Å². The molecule has 1 saturated heterocycles. The van der Waals surface area contributed by atoms with Crippen LogP contribution >= 0.6 is 24.8 Å². The molecule has 0 radical (unpaired) electrons. The largest absolute Gasteiger partial charge is 0.387 e. The Labute approximate surface area is 105 Å². The second-order valence-electron chi connectivity index (χ2n) is 3.97. The Hall–Kier alpha value is 0.460. The van der Waals surface area contributed by atoms with Gasteiger partial charge in [0.1, 0.15) is 0 Å². The third-order valence-corrected chi connectivity index (χ3v) is 2.86. The lowest BCUT2D eigenvalue weighted by Gasteiger charge is -2.36. The SMILES string of the molecule is CCN(CC)CC1(O)CCCNC1.Cl.Cl. The van der Waals surface area contributed by atoms with E-state index < -0.39 is 5.60 Å². The first-order valence-electron chi connectivity index (χ1n) is 5.35. The zero-order valence-corrected chi connectivity index (χ0v) is 11.3. The lowest BCUT2D eigenvalue weighted by molar-refractivity contribution is -0.0131. The molecule has 1 rings (SSSR count). The van der Waals surface area contributed by atoms with Crippen molar-refractivity contribution in [1.82, 2.24) is 10.2 Å². The molecule has 0 amide bonds. The normalized spacial score (nSPS) is 25.6. The van der Waals surface area contributed by atoms with Gasteiger partial charge >= 0.3 is 0 Å². The third-order valence-electron chi connectivity index (χ3n) is 2.86. The summed E-state index contributed by atoms with van der Waals surface area (Å²) >= 11 is 0. The maximum absolute atomic E-state index is 10.2. The molecule has 15 heavy (non-hydrogen) atoms. The van der Waals surface area contributed by atoms with Gasteiger partial charge in [0.05, 0.1) is 5.60 Å². The zero-order chi connectivity index (χ0) is 9.73. The van der Waals surface area contributed by atoms with Crippen molar-refractivity contribution >= 4 is 24.8 Å². The molecule has 1 unspecified atom stereocenters. The predicted octanol–water partition coefficient (Wildman–Crippen LogP) is 1.29. The molecule has 0 aromatic carbocycles. The van der Waals surface area contributed by atoms with E-state index in [4.69, 9.17) is 0 Å². The van der Waals surface area contributed by atoms with Crippen molar-refractivity contribution < 1.29 is 5.11 Å². The average Bonchev–Trinajstić information content (AvgIpc) is 2.15. The molecular formula is C10H24Cl2N2O. The summed E-state index contributed by atoms with van der Waals surface area (Å²) in [6.07, 6.45) is 2.04. The average molecular weight is 259 g/mol. The van der Waals surface area contributed by atoms with E-state index in [0.29, 0.717) is 0 Å². The number of likely N-dealkylation sites (N-methyl/N-ethyl adjacent to an activating group) is 1. The zero-order valence-electron chi connectivity index (χ0n) is 9.66. The number of β-amino-alcohol motifs (C(OH)–C–C–N with tert-alkyl or cyclic N) is 1. The summed E-state index contributed by atoms with van der Waals surface area (Å²) in [6, 6.07) is 0. The lowest BCUT2D eigenvalue weighted by atomic mass is 9.93. The van der Waals surface area contributed by atoms with E-state index in [2.05, 4.69) is 24.1 Å². The van der Waals surface area contributed by atoms with E-state index in [0.717, 1.165) is 45.6 Å². The molecule has 0 aliphatic carbocycles. The molecule has 1 aliphatic rings. The lowest BCUT2D eigenvalue weighted by Crippen LogP contribution is -2.52. The van der Waals surface area contributed by atoms with Gasteiger partial charge < -0.3 is 15.3 Å². The van der Waals surface area contributed by atoms with Gasteiger partial charge in [-0.05, 0) is 32.5 Å². The number of halogens is 2. The minimum absolute atomic E-state index is 0. The first-order valence-corrected chi connectivity index (χ1v) is 5.35. The number of nitrogens with zero attached hydrogens (tertiary/aromatic N) is 1. The van der Waals surface area contributed by atoms with E-state index in [1.807, 2.05) is 0 Å². The Balaban J connectivity index is 0. The fourth-order valence-corrected chi connectivity index (χ4v) is 1.95. The molecule has 0 aromatic heterocycles. The van der Waals surface area contributed by atoms with Crippen LogP contribution in [0.15, 0.2) is 0 Å². The quantitative estimate of drug-likeness (QED) is 0.798. The van der Waals surface area contributed by atoms with Crippen molar-refractivity contribution in [2.24, 2.45) is 0 Å². The second-order valence-corrected chi connectivity index (χ2v) is 3.97. The van der Waals surface area contributed by atoms with Crippen molar-refractivity contribution in [1.29, 1.82) is 0 Å². The van der Waals surface area contributed by atoms with Crippen LogP contribution in [0.5, 0.6) is 0 Å². The molecule has 1 atom stereocenters. The minimum Gasteiger partial charge on any atom is -0.387 e. The van der Waals surface area contributed by atoms with Gasteiger partial charge in [0.15, 0.2) is 0 Å². The van der Waals surface area contributed by atoms with E-state index in [1.165, 1.54) is 0 Å². The number of hydrogen-bond acceptors (Lipinski definition) is 3. The fraction of sp³-hybridized carbons (Fsp3) is 1.00. The molecule has 2 N–H and O–H groups in total. The maximum Gasteiger partial charge on any atom is 0.0898 e. The summed E-state index contributed by atoms with van der Waals surface area (Å²) in [5.74, 6) is 0. The Bertz CT molecular complexity index is 148.